The zero-order valence-electron chi connectivity index (χ0n) is 10.8. The molecule has 0 spiro atoms. The first-order valence-corrected chi connectivity index (χ1v) is 5.96. The summed E-state index contributed by atoms with van der Waals surface area (Å²) in [6, 6.07) is 8.90. The van der Waals surface area contributed by atoms with E-state index < -0.39 is 17.1 Å². The summed E-state index contributed by atoms with van der Waals surface area (Å²) in [5.74, 6) is -1.32. The standard InChI is InChI=1S/C14H14N2O3/c1-3-10-4-6-11(7-5-10)16-9(2)8-12(17)13(15-16)14(18)19/h4-8H,3H2,1-2H3,(H,18,19). The first-order valence-electron chi connectivity index (χ1n) is 5.96. The first kappa shape index (κ1) is 13.0. The number of nitrogens with zero attached hydrogens (tertiary/aromatic N) is 2. The highest BCUT2D eigenvalue weighted by atomic mass is 16.4. The van der Waals surface area contributed by atoms with Gasteiger partial charge in [0.05, 0.1) is 5.69 Å². The molecule has 2 rings (SSSR count). The summed E-state index contributed by atoms with van der Waals surface area (Å²) in [5.41, 5.74) is 1.47. The molecule has 0 saturated carbocycles. The fourth-order valence-electron chi connectivity index (χ4n) is 1.83. The molecule has 0 fully saturated rings. The molecule has 0 saturated heterocycles. The van der Waals surface area contributed by atoms with E-state index in [4.69, 9.17) is 5.11 Å². The fourth-order valence-corrected chi connectivity index (χ4v) is 1.83. The number of carboxylic acid groups (broad SMARTS) is 1. The van der Waals surface area contributed by atoms with E-state index in [1.54, 1.807) is 6.92 Å². The lowest BCUT2D eigenvalue weighted by Crippen LogP contribution is -2.22. The Kier molecular flexibility index (Phi) is 3.46. The molecule has 5 heteroatoms. The van der Waals surface area contributed by atoms with Crippen LogP contribution in [0.2, 0.25) is 0 Å². The van der Waals surface area contributed by atoms with Crippen molar-refractivity contribution in [2.45, 2.75) is 20.3 Å². The zero-order valence-corrected chi connectivity index (χ0v) is 10.8. The monoisotopic (exact) mass is 258 g/mol. The first-order chi connectivity index (χ1) is 9.02. The van der Waals surface area contributed by atoms with Gasteiger partial charge in [-0.2, -0.15) is 5.10 Å². The number of aryl methyl sites for hydroxylation is 2. The van der Waals surface area contributed by atoms with Crippen LogP contribution >= 0.6 is 0 Å². The third kappa shape index (κ3) is 2.54. The third-order valence-electron chi connectivity index (χ3n) is 2.90. The van der Waals surface area contributed by atoms with Gasteiger partial charge < -0.3 is 5.11 Å². The summed E-state index contributed by atoms with van der Waals surface area (Å²) in [5, 5.41) is 12.8. The van der Waals surface area contributed by atoms with Gasteiger partial charge in [0.15, 0.2) is 0 Å². The van der Waals surface area contributed by atoms with Crippen molar-refractivity contribution in [3.63, 3.8) is 0 Å². The van der Waals surface area contributed by atoms with E-state index in [0.717, 1.165) is 12.1 Å². The Morgan fingerprint density at radius 3 is 2.47 bits per heavy atom. The van der Waals surface area contributed by atoms with Crippen LogP contribution in [0, 0.1) is 6.92 Å². The van der Waals surface area contributed by atoms with Crippen molar-refractivity contribution in [3.8, 4) is 5.69 Å². The van der Waals surface area contributed by atoms with Gasteiger partial charge >= 0.3 is 5.97 Å². The second kappa shape index (κ2) is 5.06. The van der Waals surface area contributed by atoms with Crippen LogP contribution < -0.4 is 5.43 Å². The summed E-state index contributed by atoms with van der Waals surface area (Å²) >= 11 is 0. The Hall–Kier alpha value is -2.43. The summed E-state index contributed by atoms with van der Waals surface area (Å²) in [4.78, 5) is 22.4. The molecule has 1 aromatic heterocycles. The van der Waals surface area contributed by atoms with Gasteiger partial charge in [0.25, 0.3) is 0 Å². The maximum atomic E-state index is 11.5. The molecular weight excluding hydrogens is 244 g/mol. The Bertz CT molecular complexity index is 672. The molecule has 1 N–H and O–H groups in total. The van der Waals surface area contributed by atoms with Gasteiger partial charge in [0.1, 0.15) is 0 Å². The maximum absolute atomic E-state index is 11.5. The molecule has 0 aliphatic heterocycles. The number of rotatable bonds is 3. The number of carboxylic acids is 1. The Labute approximate surface area is 110 Å². The minimum absolute atomic E-state index is 0.467. The van der Waals surface area contributed by atoms with Gasteiger partial charge in [-0.3, -0.25) is 4.79 Å². The minimum Gasteiger partial charge on any atom is -0.476 e. The van der Waals surface area contributed by atoms with Crippen LogP contribution in [0.3, 0.4) is 0 Å². The summed E-state index contributed by atoms with van der Waals surface area (Å²) in [6.07, 6.45) is 0.928. The van der Waals surface area contributed by atoms with Crippen molar-refractivity contribution < 1.29 is 9.90 Å². The fraction of sp³-hybridized carbons (Fsp3) is 0.214. The van der Waals surface area contributed by atoms with Crippen molar-refractivity contribution in [3.05, 3.63) is 57.5 Å². The molecule has 1 heterocycles. The molecule has 0 atom stereocenters. The van der Waals surface area contributed by atoms with Crippen LogP contribution in [-0.2, 0) is 6.42 Å². The molecular formula is C14H14N2O3. The van der Waals surface area contributed by atoms with Gasteiger partial charge in [0, 0.05) is 11.8 Å². The Balaban J connectivity index is 2.57. The van der Waals surface area contributed by atoms with Crippen LogP contribution in [0.4, 0.5) is 0 Å². The van der Waals surface area contributed by atoms with Crippen molar-refractivity contribution >= 4 is 5.97 Å². The molecule has 5 nitrogen and oxygen atoms in total. The largest absolute Gasteiger partial charge is 0.476 e. The maximum Gasteiger partial charge on any atom is 0.360 e. The molecule has 0 radical (unpaired) electrons. The predicted molar refractivity (Wildman–Crippen MR) is 70.9 cm³/mol. The topological polar surface area (TPSA) is 72.2 Å². The highest BCUT2D eigenvalue weighted by molar-refractivity contribution is 5.84. The smallest absolute Gasteiger partial charge is 0.360 e. The van der Waals surface area contributed by atoms with Gasteiger partial charge in [0.2, 0.25) is 11.1 Å². The van der Waals surface area contributed by atoms with Crippen molar-refractivity contribution in [2.24, 2.45) is 0 Å². The molecule has 0 aliphatic rings. The lowest BCUT2D eigenvalue weighted by molar-refractivity contribution is 0.0686. The zero-order chi connectivity index (χ0) is 14.0. The van der Waals surface area contributed by atoms with E-state index in [1.165, 1.54) is 16.3 Å². The number of aromatic nitrogens is 2. The van der Waals surface area contributed by atoms with E-state index in [1.807, 2.05) is 24.3 Å². The molecule has 0 bridgehead atoms. The van der Waals surface area contributed by atoms with Crippen LogP contribution in [0.1, 0.15) is 28.7 Å². The molecule has 98 valence electrons. The second-order valence-corrected chi connectivity index (χ2v) is 4.24. The van der Waals surface area contributed by atoms with E-state index in [0.29, 0.717) is 5.69 Å². The van der Waals surface area contributed by atoms with Crippen LogP contribution in [0.5, 0.6) is 0 Å². The SMILES string of the molecule is CCc1ccc(-n2nc(C(=O)O)c(=O)cc2C)cc1. The van der Waals surface area contributed by atoms with Gasteiger partial charge in [-0.25, -0.2) is 9.48 Å². The van der Waals surface area contributed by atoms with E-state index in [2.05, 4.69) is 12.0 Å². The quantitative estimate of drug-likeness (QED) is 0.911. The van der Waals surface area contributed by atoms with Gasteiger partial charge in [-0.05, 0) is 31.0 Å². The Morgan fingerprint density at radius 1 is 1.32 bits per heavy atom. The number of hydrogen-bond donors (Lipinski definition) is 1. The highest BCUT2D eigenvalue weighted by Crippen LogP contribution is 2.11. The van der Waals surface area contributed by atoms with Gasteiger partial charge in [-0.15, -0.1) is 0 Å². The molecule has 1 aromatic carbocycles. The molecule has 19 heavy (non-hydrogen) atoms. The van der Waals surface area contributed by atoms with Crippen molar-refractivity contribution in [2.75, 3.05) is 0 Å². The number of benzene rings is 1. The molecule has 0 unspecified atom stereocenters. The highest BCUT2D eigenvalue weighted by Gasteiger charge is 2.13. The number of aromatic carboxylic acids is 1. The normalized spacial score (nSPS) is 10.4. The summed E-state index contributed by atoms with van der Waals surface area (Å²) in [7, 11) is 0. The third-order valence-corrected chi connectivity index (χ3v) is 2.90. The minimum atomic E-state index is -1.32. The lowest BCUT2D eigenvalue weighted by Gasteiger charge is -2.10. The predicted octanol–water partition coefficient (Wildman–Crippen LogP) is 1.80. The van der Waals surface area contributed by atoms with Crippen LogP contribution in [0.15, 0.2) is 35.1 Å². The number of carbonyl (C=O) groups is 1. The van der Waals surface area contributed by atoms with E-state index in [9.17, 15) is 9.59 Å². The molecule has 0 aliphatic carbocycles. The lowest BCUT2D eigenvalue weighted by atomic mass is 10.1. The van der Waals surface area contributed by atoms with Crippen molar-refractivity contribution in [1.82, 2.24) is 9.78 Å². The average Bonchev–Trinajstić information content (AvgIpc) is 2.38. The van der Waals surface area contributed by atoms with Crippen LogP contribution in [0.25, 0.3) is 5.69 Å². The van der Waals surface area contributed by atoms with E-state index >= 15 is 0 Å². The van der Waals surface area contributed by atoms with Crippen LogP contribution in [-0.4, -0.2) is 20.9 Å². The second-order valence-electron chi connectivity index (χ2n) is 4.24. The van der Waals surface area contributed by atoms with Crippen molar-refractivity contribution in [1.29, 1.82) is 0 Å². The van der Waals surface area contributed by atoms with Gasteiger partial charge in [-0.1, -0.05) is 19.1 Å². The molecule has 0 amide bonds. The molecule has 2 aromatic rings. The Morgan fingerprint density at radius 2 is 1.95 bits per heavy atom. The summed E-state index contributed by atoms with van der Waals surface area (Å²) < 4.78 is 1.46. The number of hydrogen-bond acceptors (Lipinski definition) is 3. The summed E-state index contributed by atoms with van der Waals surface area (Å²) in [6.45, 7) is 3.77. The van der Waals surface area contributed by atoms with E-state index in [-0.39, 0.29) is 0 Å². The average molecular weight is 258 g/mol.